The molecule has 1 heterocycles. The van der Waals surface area contributed by atoms with Gasteiger partial charge in [0.1, 0.15) is 0 Å². The molecular formula is C17H18N2O3. The fourth-order valence-corrected chi connectivity index (χ4v) is 2.00. The summed E-state index contributed by atoms with van der Waals surface area (Å²) in [6.07, 6.45) is 2.64. The highest BCUT2D eigenvalue weighted by atomic mass is 16.5. The Hall–Kier alpha value is -2.69. The summed E-state index contributed by atoms with van der Waals surface area (Å²) in [5.41, 5.74) is 2.17. The summed E-state index contributed by atoms with van der Waals surface area (Å²) in [5.74, 6) is -0.465. The number of aryl methyl sites for hydroxylation is 1. The van der Waals surface area contributed by atoms with E-state index in [1.165, 1.54) is 13.3 Å². The number of rotatable bonds is 6. The number of pyridine rings is 1. The Bertz CT molecular complexity index is 641. The van der Waals surface area contributed by atoms with E-state index in [2.05, 4.69) is 15.0 Å². The van der Waals surface area contributed by atoms with E-state index < -0.39 is 5.97 Å². The van der Waals surface area contributed by atoms with Crippen molar-refractivity contribution < 1.29 is 14.3 Å². The first-order chi connectivity index (χ1) is 10.7. The van der Waals surface area contributed by atoms with Crippen LogP contribution in [0.4, 0.5) is 0 Å². The predicted octanol–water partition coefficient (Wildman–Crippen LogP) is 2.12. The van der Waals surface area contributed by atoms with Crippen LogP contribution in [0.3, 0.4) is 0 Å². The standard InChI is InChI=1S/C17H18N2O3/c1-22-17(21)14-9-10-18-15(11-14)12-19-16(20)8-7-13-5-3-2-4-6-13/h2-6,9-11H,7-8,12H2,1H3,(H,19,20). The van der Waals surface area contributed by atoms with Gasteiger partial charge in [-0.15, -0.1) is 0 Å². The second-order valence-electron chi connectivity index (χ2n) is 4.79. The predicted molar refractivity (Wildman–Crippen MR) is 82.2 cm³/mol. The molecule has 0 bridgehead atoms. The van der Waals surface area contributed by atoms with Crippen molar-refractivity contribution in [2.45, 2.75) is 19.4 Å². The van der Waals surface area contributed by atoms with Crippen LogP contribution in [-0.4, -0.2) is 24.0 Å². The lowest BCUT2D eigenvalue weighted by atomic mass is 10.1. The molecule has 5 nitrogen and oxygen atoms in total. The third-order valence-corrected chi connectivity index (χ3v) is 3.19. The van der Waals surface area contributed by atoms with Gasteiger partial charge in [0.25, 0.3) is 0 Å². The molecule has 1 aromatic carbocycles. The second-order valence-corrected chi connectivity index (χ2v) is 4.79. The number of nitrogens with zero attached hydrogens (tertiary/aromatic N) is 1. The fraction of sp³-hybridized carbons (Fsp3) is 0.235. The van der Waals surface area contributed by atoms with Crippen LogP contribution in [0.15, 0.2) is 48.7 Å². The van der Waals surface area contributed by atoms with Crippen molar-refractivity contribution in [1.82, 2.24) is 10.3 Å². The van der Waals surface area contributed by atoms with Crippen LogP contribution in [0, 0.1) is 0 Å². The summed E-state index contributed by atoms with van der Waals surface area (Å²) in [7, 11) is 1.33. The SMILES string of the molecule is COC(=O)c1ccnc(CNC(=O)CCc2ccccc2)c1. The molecule has 0 radical (unpaired) electrons. The molecule has 0 atom stereocenters. The highest BCUT2D eigenvalue weighted by Gasteiger charge is 2.07. The number of hydrogen-bond donors (Lipinski definition) is 1. The molecule has 0 saturated heterocycles. The van der Waals surface area contributed by atoms with E-state index in [9.17, 15) is 9.59 Å². The highest BCUT2D eigenvalue weighted by molar-refractivity contribution is 5.89. The highest BCUT2D eigenvalue weighted by Crippen LogP contribution is 2.05. The van der Waals surface area contributed by atoms with E-state index in [1.807, 2.05) is 30.3 Å². The summed E-state index contributed by atoms with van der Waals surface area (Å²) >= 11 is 0. The summed E-state index contributed by atoms with van der Waals surface area (Å²) in [6, 6.07) is 13.0. The van der Waals surface area contributed by atoms with Gasteiger partial charge in [-0.05, 0) is 24.1 Å². The molecule has 0 aliphatic heterocycles. The monoisotopic (exact) mass is 298 g/mol. The number of carbonyl (C=O) groups excluding carboxylic acids is 2. The molecule has 1 amide bonds. The molecule has 5 heteroatoms. The van der Waals surface area contributed by atoms with Crippen LogP contribution < -0.4 is 5.32 Å². The molecule has 0 spiro atoms. The molecule has 0 aliphatic rings. The van der Waals surface area contributed by atoms with E-state index in [4.69, 9.17) is 0 Å². The zero-order valence-electron chi connectivity index (χ0n) is 12.4. The van der Waals surface area contributed by atoms with Crippen LogP contribution in [-0.2, 0) is 22.5 Å². The first-order valence-corrected chi connectivity index (χ1v) is 7.03. The number of esters is 1. The minimum Gasteiger partial charge on any atom is -0.465 e. The van der Waals surface area contributed by atoms with Crippen LogP contribution in [0.2, 0.25) is 0 Å². The zero-order valence-corrected chi connectivity index (χ0v) is 12.4. The van der Waals surface area contributed by atoms with Gasteiger partial charge in [-0.2, -0.15) is 0 Å². The van der Waals surface area contributed by atoms with Crippen LogP contribution in [0.25, 0.3) is 0 Å². The van der Waals surface area contributed by atoms with Gasteiger partial charge in [0.05, 0.1) is 24.9 Å². The van der Waals surface area contributed by atoms with Crippen LogP contribution >= 0.6 is 0 Å². The van der Waals surface area contributed by atoms with Gasteiger partial charge in [0, 0.05) is 12.6 Å². The summed E-state index contributed by atoms with van der Waals surface area (Å²) < 4.78 is 4.65. The lowest BCUT2D eigenvalue weighted by Gasteiger charge is -2.06. The fourth-order valence-electron chi connectivity index (χ4n) is 2.00. The van der Waals surface area contributed by atoms with Crippen molar-refractivity contribution in [3.05, 3.63) is 65.5 Å². The second kappa shape index (κ2) is 7.93. The summed E-state index contributed by atoms with van der Waals surface area (Å²) in [5, 5.41) is 2.80. The molecule has 0 fully saturated rings. The van der Waals surface area contributed by atoms with Crippen molar-refractivity contribution >= 4 is 11.9 Å². The van der Waals surface area contributed by atoms with Crippen molar-refractivity contribution in [2.75, 3.05) is 7.11 Å². The number of benzene rings is 1. The zero-order chi connectivity index (χ0) is 15.8. The molecule has 2 aromatic rings. The van der Waals surface area contributed by atoms with E-state index in [0.29, 0.717) is 30.6 Å². The molecular weight excluding hydrogens is 280 g/mol. The Balaban J connectivity index is 1.82. The minimum atomic E-state index is -0.418. The average molecular weight is 298 g/mol. The lowest BCUT2D eigenvalue weighted by molar-refractivity contribution is -0.121. The lowest BCUT2D eigenvalue weighted by Crippen LogP contribution is -2.23. The van der Waals surface area contributed by atoms with Gasteiger partial charge >= 0.3 is 5.97 Å². The van der Waals surface area contributed by atoms with E-state index >= 15 is 0 Å². The number of carbonyl (C=O) groups is 2. The normalized spacial score (nSPS) is 10.0. The Kier molecular flexibility index (Phi) is 5.65. The van der Waals surface area contributed by atoms with Gasteiger partial charge in [-0.3, -0.25) is 9.78 Å². The number of ether oxygens (including phenoxy) is 1. The average Bonchev–Trinajstić information content (AvgIpc) is 2.58. The van der Waals surface area contributed by atoms with Gasteiger partial charge in [-0.25, -0.2) is 4.79 Å². The summed E-state index contributed by atoms with van der Waals surface area (Å²) in [4.78, 5) is 27.4. The van der Waals surface area contributed by atoms with Crippen LogP contribution in [0.1, 0.15) is 28.0 Å². The van der Waals surface area contributed by atoms with Gasteiger partial charge in [0.15, 0.2) is 0 Å². The number of aromatic nitrogens is 1. The molecule has 1 aromatic heterocycles. The Labute approximate surface area is 129 Å². The maximum atomic E-state index is 11.8. The van der Waals surface area contributed by atoms with Crippen molar-refractivity contribution in [3.8, 4) is 0 Å². The molecule has 0 aliphatic carbocycles. The Morgan fingerprint density at radius 3 is 2.68 bits per heavy atom. The number of nitrogens with one attached hydrogen (secondary N) is 1. The molecule has 0 saturated carbocycles. The largest absolute Gasteiger partial charge is 0.465 e. The minimum absolute atomic E-state index is 0.0471. The van der Waals surface area contributed by atoms with Crippen LogP contribution in [0.5, 0.6) is 0 Å². The third kappa shape index (κ3) is 4.70. The summed E-state index contributed by atoms with van der Waals surface area (Å²) in [6.45, 7) is 0.290. The maximum absolute atomic E-state index is 11.8. The Morgan fingerprint density at radius 1 is 1.18 bits per heavy atom. The molecule has 0 unspecified atom stereocenters. The van der Waals surface area contributed by atoms with E-state index in [0.717, 1.165) is 5.56 Å². The van der Waals surface area contributed by atoms with Gasteiger partial charge < -0.3 is 10.1 Å². The topological polar surface area (TPSA) is 68.3 Å². The van der Waals surface area contributed by atoms with Crippen molar-refractivity contribution in [1.29, 1.82) is 0 Å². The molecule has 22 heavy (non-hydrogen) atoms. The van der Waals surface area contributed by atoms with E-state index in [-0.39, 0.29) is 5.91 Å². The number of amides is 1. The van der Waals surface area contributed by atoms with E-state index in [1.54, 1.807) is 12.1 Å². The number of hydrogen-bond acceptors (Lipinski definition) is 4. The first-order valence-electron chi connectivity index (χ1n) is 7.03. The quantitative estimate of drug-likeness (QED) is 0.829. The van der Waals surface area contributed by atoms with Crippen molar-refractivity contribution in [2.24, 2.45) is 0 Å². The molecule has 2 rings (SSSR count). The third-order valence-electron chi connectivity index (χ3n) is 3.19. The molecule has 1 N–H and O–H groups in total. The number of methoxy groups -OCH3 is 1. The Morgan fingerprint density at radius 2 is 1.95 bits per heavy atom. The molecule has 114 valence electrons. The van der Waals surface area contributed by atoms with Gasteiger partial charge in [-0.1, -0.05) is 30.3 Å². The first kappa shape index (κ1) is 15.7. The maximum Gasteiger partial charge on any atom is 0.337 e. The smallest absolute Gasteiger partial charge is 0.337 e. The van der Waals surface area contributed by atoms with Gasteiger partial charge in [0.2, 0.25) is 5.91 Å². The van der Waals surface area contributed by atoms with Crippen molar-refractivity contribution in [3.63, 3.8) is 0 Å².